The van der Waals surface area contributed by atoms with Gasteiger partial charge in [-0.25, -0.2) is 0 Å². The van der Waals surface area contributed by atoms with Crippen molar-refractivity contribution in [3.63, 3.8) is 0 Å². The summed E-state index contributed by atoms with van der Waals surface area (Å²) in [5, 5.41) is 3.18. The highest BCUT2D eigenvalue weighted by atomic mass is 19.4. The van der Waals surface area contributed by atoms with Crippen LogP contribution in [-0.4, -0.2) is 26.2 Å². The van der Waals surface area contributed by atoms with Crippen LogP contribution >= 0.6 is 0 Å². The van der Waals surface area contributed by atoms with Crippen LogP contribution in [-0.2, 0) is 6.18 Å². The fourth-order valence-electron chi connectivity index (χ4n) is 2.03. The summed E-state index contributed by atoms with van der Waals surface area (Å²) >= 11 is 0. The summed E-state index contributed by atoms with van der Waals surface area (Å²) in [5.41, 5.74) is 0.748. The number of anilines is 1. The van der Waals surface area contributed by atoms with Gasteiger partial charge in [0.2, 0.25) is 0 Å². The zero-order valence-corrected chi connectivity index (χ0v) is 9.64. The highest BCUT2D eigenvalue weighted by Gasteiger charge is 2.31. The third-order valence-corrected chi connectivity index (χ3v) is 2.87. The van der Waals surface area contributed by atoms with Gasteiger partial charge in [-0.3, -0.25) is 0 Å². The molecule has 1 heterocycles. The van der Waals surface area contributed by atoms with Gasteiger partial charge in [0, 0.05) is 31.9 Å². The van der Waals surface area contributed by atoms with E-state index in [0.29, 0.717) is 11.3 Å². The Labute approximate surface area is 98.4 Å². The van der Waals surface area contributed by atoms with Crippen molar-refractivity contribution >= 4 is 5.69 Å². The Hall–Kier alpha value is -1.23. The number of halogens is 3. The van der Waals surface area contributed by atoms with E-state index in [9.17, 15) is 13.2 Å². The SMILES string of the molecule is Cc1cc(N2CCNCC2)cc(C(F)(F)F)c1. The van der Waals surface area contributed by atoms with Crippen LogP contribution in [0.3, 0.4) is 0 Å². The summed E-state index contributed by atoms with van der Waals surface area (Å²) in [6.07, 6.45) is -4.27. The van der Waals surface area contributed by atoms with E-state index in [2.05, 4.69) is 5.32 Å². The van der Waals surface area contributed by atoms with E-state index in [1.54, 1.807) is 13.0 Å². The molecule has 0 saturated carbocycles. The Morgan fingerprint density at radius 2 is 1.76 bits per heavy atom. The molecule has 17 heavy (non-hydrogen) atoms. The zero-order valence-electron chi connectivity index (χ0n) is 9.64. The first-order valence-electron chi connectivity index (χ1n) is 5.61. The number of rotatable bonds is 1. The van der Waals surface area contributed by atoms with E-state index in [-0.39, 0.29) is 0 Å². The third kappa shape index (κ3) is 2.91. The topological polar surface area (TPSA) is 15.3 Å². The molecule has 0 unspecified atom stereocenters. The van der Waals surface area contributed by atoms with Gasteiger partial charge >= 0.3 is 6.18 Å². The number of hydrogen-bond donors (Lipinski definition) is 1. The Morgan fingerprint density at radius 3 is 2.35 bits per heavy atom. The number of aryl methyl sites for hydroxylation is 1. The van der Waals surface area contributed by atoms with Crippen molar-refractivity contribution in [2.45, 2.75) is 13.1 Å². The molecule has 1 aromatic rings. The van der Waals surface area contributed by atoms with E-state index in [4.69, 9.17) is 0 Å². The first kappa shape index (κ1) is 12.2. The molecule has 0 atom stereocenters. The van der Waals surface area contributed by atoms with Gasteiger partial charge < -0.3 is 10.2 Å². The fraction of sp³-hybridized carbons (Fsp3) is 0.500. The van der Waals surface area contributed by atoms with E-state index in [1.165, 1.54) is 12.1 Å². The monoisotopic (exact) mass is 244 g/mol. The van der Waals surface area contributed by atoms with Gasteiger partial charge in [-0.15, -0.1) is 0 Å². The van der Waals surface area contributed by atoms with Crippen molar-refractivity contribution in [3.05, 3.63) is 29.3 Å². The standard InChI is InChI=1S/C12H15F3N2/c1-9-6-10(12(13,14)15)8-11(7-9)17-4-2-16-3-5-17/h6-8,16H,2-5H2,1H3. The van der Waals surface area contributed by atoms with Gasteiger partial charge in [-0.05, 0) is 30.7 Å². The lowest BCUT2D eigenvalue weighted by molar-refractivity contribution is -0.137. The van der Waals surface area contributed by atoms with Gasteiger partial charge in [-0.1, -0.05) is 0 Å². The molecule has 1 aromatic carbocycles. The molecule has 0 spiro atoms. The molecule has 1 fully saturated rings. The molecule has 94 valence electrons. The molecule has 1 aliphatic rings. The highest BCUT2D eigenvalue weighted by Crippen LogP contribution is 2.32. The van der Waals surface area contributed by atoms with E-state index in [0.717, 1.165) is 26.2 Å². The second-order valence-electron chi connectivity index (χ2n) is 4.29. The van der Waals surface area contributed by atoms with Crippen molar-refractivity contribution < 1.29 is 13.2 Å². The van der Waals surface area contributed by atoms with E-state index in [1.807, 2.05) is 4.90 Å². The lowest BCUT2D eigenvalue weighted by Gasteiger charge is -2.30. The second-order valence-corrected chi connectivity index (χ2v) is 4.29. The quantitative estimate of drug-likeness (QED) is 0.816. The van der Waals surface area contributed by atoms with Gasteiger partial charge in [0.25, 0.3) is 0 Å². The molecule has 5 heteroatoms. The number of nitrogens with zero attached hydrogens (tertiary/aromatic N) is 1. The molecule has 1 aliphatic heterocycles. The lowest BCUT2D eigenvalue weighted by atomic mass is 10.1. The number of hydrogen-bond acceptors (Lipinski definition) is 2. The molecule has 2 nitrogen and oxygen atoms in total. The first-order chi connectivity index (χ1) is 7.97. The number of benzene rings is 1. The van der Waals surface area contributed by atoms with Crippen LogP contribution in [0.25, 0.3) is 0 Å². The largest absolute Gasteiger partial charge is 0.416 e. The van der Waals surface area contributed by atoms with Crippen molar-refractivity contribution in [2.75, 3.05) is 31.1 Å². The Balaban J connectivity index is 2.31. The van der Waals surface area contributed by atoms with Crippen LogP contribution in [0.5, 0.6) is 0 Å². The summed E-state index contributed by atoms with van der Waals surface area (Å²) in [5.74, 6) is 0. The molecule has 0 aromatic heterocycles. The highest BCUT2D eigenvalue weighted by molar-refractivity contribution is 5.52. The maximum atomic E-state index is 12.7. The molecule has 2 rings (SSSR count). The minimum atomic E-state index is -4.27. The Kier molecular flexibility index (Phi) is 3.28. The van der Waals surface area contributed by atoms with Gasteiger partial charge in [-0.2, -0.15) is 13.2 Å². The van der Waals surface area contributed by atoms with Crippen LogP contribution in [0.1, 0.15) is 11.1 Å². The number of alkyl halides is 3. The van der Waals surface area contributed by atoms with Crippen molar-refractivity contribution in [1.82, 2.24) is 5.32 Å². The predicted octanol–water partition coefficient (Wildman–Crippen LogP) is 2.42. The average Bonchev–Trinajstić information content (AvgIpc) is 2.28. The smallest absolute Gasteiger partial charge is 0.369 e. The average molecular weight is 244 g/mol. The van der Waals surface area contributed by atoms with Crippen LogP contribution in [0.2, 0.25) is 0 Å². The van der Waals surface area contributed by atoms with Crippen LogP contribution in [0.4, 0.5) is 18.9 Å². The molecular formula is C12H15F3N2. The van der Waals surface area contributed by atoms with E-state index < -0.39 is 11.7 Å². The molecular weight excluding hydrogens is 229 g/mol. The molecule has 0 radical (unpaired) electrons. The lowest BCUT2D eigenvalue weighted by Crippen LogP contribution is -2.43. The molecule has 0 amide bonds. The summed E-state index contributed by atoms with van der Waals surface area (Å²) in [4.78, 5) is 1.98. The van der Waals surface area contributed by atoms with Crippen molar-refractivity contribution in [2.24, 2.45) is 0 Å². The maximum Gasteiger partial charge on any atom is 0.416 e. The Morgan fingerprint density at radius 1 is 1.12 bits per heavy atom. The summed E-state index contributed by atoms with van der Waals surface area (Å²) < 4.78 is 38.1. The third-order valence-electron chi connectivity index (χ3n) is 2.87. The molecule has 0 bridgehead atoms. The molecule has 0 aliphatic carbocycles. The van der Waals surface area contributed by atoms with Crippen molar-refractivity contribution in [1.29, 1.82) is 0 Å². The van der Waals surface area contributed by atoms with Crippen LogP contribution < -0.4 is 10.2 Å². The summed E-state index contributed by atoms with van der Waals surface area (Å²) in [7, 11) is 0. The molecule has 1 saturated heterocycles. The minimum absolute atomic E-state index is 0.564. The zero-order chi connectivity index (χ0) is 12.5. The predicted molar refractivity (Wildman–Crippen MR) is 61.3 cm³/mol. The van der Waals surface area contributed by atoms with E-state index >= 15 is 0 Å². The second kappa shape index (κ2) is 4.56. The maximum absolute atomic E-state index is 12.7. The molecule has 1 N–H and O–H groups in total. The number of piperazine rings is 1. The first-order valence-corrected chi connectivity index (χ1v) is 5.61. The minimum Gasteiger partial charge on any atom is -0.369 e. The van der Waals surface area contributed by atoms with Gasteiger partial charge in [0.15, 0.2) is 0 Å². The van der Waals surface area contributed by atoms with Gasteiger partial charge in [0.1, 0.15) is 0 Å². The summed E-state index contributed by atoms with van der Waals surface area (Å²) in [6.45, 7) is 4.83. The van der Waals surface area contributed by atoms with Crippen molar-refractivity contribution in [3.8, 4) is 0 Å². The van der Waals surface area contributed by atoms with Crippen LogP contribution in [0.15, 0.2) is 18.2 Å². The fourth-order valence-corrected chi connectivity index (χ4v) is 2.03. The number of nitrogens with one attached hydrogen (secondary N) is 1. The van der Waals surface area contributed by atoms with Gasteiger partial charge in [0.05, 0.1) is 5.56 Å². The van der Waals surface area contributed by atoms with Crippen LogP contribution in [0, 0.1) is 6.92 Å². The Bertz CT molecular complexity index is 395. The summed E-state index contributed by atoms with van der Waals surface area (Å²) in [6, 6.07) is 4.23. The normalized spacial score (nSPS) is 17.3.